The van der Waals surface area contributed by atoms with Gasteiger partial charge in [-0.25, -0.2) is 0 Å². The van der Waals surface area contributed by atoms with Crippen LogP contribution in [0.2, 0.25) is 0 Å². The molecule has 1 heterocycles. The van der Waals surface area contributed by atoms with Crippen molar-refractivity contribution in [3.05, 3.63) is 24.0 Å². The molecule has 4 nitrogen and oxygen atoms in total. The molecule has 0 spiro atoms. The first-order valence-corrected chi connectivity index (χ1v) is 6.96. The normalized spacial score (nSPS) is 15.8. The van der Waals surface area contributed by atoms with E-state index in [1.54, 1.807) is 0 Å². The number of nitrogens with zero attached hydrogens (tertiary/aromatic N) is 2. The number of aromatic nitrogens is 1. The Hall–Kier alpha value is -1.13. The summed E-state index contributed by atoms with van der Waals surface area (Å²) in [7, 11) is 4.14. The summed E-state index contributed by atoms with van der Waals surface area (Å²) in [4.78, 5) is 6.54. The molecule has 0 saturated heterocycles. The topological polar surface area (TPSA) is 37.4 Å². The third-order valence-corrected chi connectivity index (χ3v) is 3.74. The second-order valence-corrected chi connectivity index (χ2v) is 6.13. The van der Waals surface area contributed by atoms with Gasteiger partial charge in [0.15, 0.2) is 0 Å². The molecule has 106 valence electrons. The smallest absolute Gasteiger partial charge is 0.122 e. The maximum absolute atomic E-state index is 5.89. The maximum atomic E-state index is 5.89. The van der Waals surface area contributed by atoms with Crippen LogP contribution in [0.25, 0.3) is 0 Å². The van der Waals surface area contributed by atoms with Gasteiger partial charge in [0.05, 0.1) is 5.69 Å². The molecular formula is C15H25N3O. The van der Waals surface area contributed by atoms with Gasteiger partial charge in [0.2, 0.25) is 0 Å². The van der Waals surface area contributed by atoms with E-state index in [4.69, 9.17) is 4.74 Å². The SMILES string of the molecule is CN(C)C(C)(C)COc1ccnc(CNC2CC2)c1. The molecule has 1 aromatic heterocycles. The molecule has 1 N–H and O–H groups in total. The highest BCUT2D eigenvalue weighted by Gasteiger charge is 2.22. The minimum Gasteiger partial charge on any atom is -0.492 e. The highest BCUT2D eigenvalue weighted by Crippen LogP contribution is 2.20. The minimum absolute atomic E-state index is 0.0235. The monoisotopic (exact) mass is 263 g/mol. The summed E-state index contributed by atoms with van der Waals surface area (Å²) in [5.41, 5.74) is 1.07. The molecule has 19 heavy (non-hydrogen) atoms. The Bertz CT molecular complexity index is 414. The van der Waals surface area contributed by atoms with Crippen LogP contribution in [0.4, 0.5) is 0 Å². The Labute approximate surface area is 116 Å². The maximum Gasteiger partial charge on any atom is 0.122 e. The van der Waals surface area contributed by atoms with Crippen LogP contribution in [-0.2, 0) is 6.54 Å². The van der Waals surface area contributed by atoms with Gasteiger partial charge >= 0.3 is 0 Å². The number of hydrogen-bond donors (Lipinski definition) is 1. The number of ether oxygens (including phenoxy) is 1. The van der Waals surface area contributed by atoms with Crippen molar-refractivity contribution >= 4 is 0 Å². The van der Waals surface area contributed by atoms with E-state index in [-0.39, 0.29) is 5.54 Å². The molecule has 0 unspecified atom stereocenters. The predicted octanol–water partition coefficient (Wildman–Crippen LogP) is 2.05. The van der Waals surface area contributed by atoms with Crippen molar-refractivity contribution in [2.24, 2.45) is 0 Å². The van der Waals surface area contributed by atoms with Crippen molar-refractivity contribution in [3.8, 4) is 5.75 Å². The van der Waals surface area contributed by atoms with Gasteiger partial charge in [-0.15, -0.1) is 0 Å². The van der Waals surface area contributed by atoms with Gasteiger partial charge in [-0.3, -0.25) is 4.98 Å². The van der Waals surface area contributed by atoms with Crippen LogP contribution in [0, 0.1) is 0 Å². The molecule has 1 aliphatic rings. The van der Waals surface area contributed by atoms with Crippen LogP contribution < -0.4 is 10.1 Å². The molecule has 0 amide bonds. The molecule has 1 saturated carbocycles. The van der Waals surface area contributed by atoms with E-state index < -0.39 is 0 Å². The summed E-state index contributed by atoms with van der Waals surface area (Å²) >= 11 is 0. The lowest BCUT2D eigenvalue weighted by atomic mass is 10.1. The average molecular weight is 263 g/mol. The summed E-state index contributed by atoms with van der Waals surface area (Å²) in [6.45, 7) is 5.84. The Morgan fingerprint density at radius 3 is 2.79 bits per heavy atom. The number of nitrogens with one attached hydrogen (secondary N) is 1. The zero-order valence-electron chi connectivity index (χ0n) is 12.4. The van der Waals surface area contributed by atoms with E-state index >= 15 is 0 Å². The van der Waals surface area contributed by atoms with Gasteiger partial charge in [-0.05, 0) is 46.9 Å². The zero-order chi connectivity index (χ0) is 13.9. The molecule has 4 heteroatoms. The molecular weight excluding hydrogens is 238 g/mol. The number of likely N-dealkylation sites (N-methyl/N-ethyl adjacent to an activating group) is 1. The molecule has 0 atom stereocenters. The van der Waals surface area contributed by atoms with Gasteiger partial charge < -0.3 is 15.0 Å². The fraction of sp³-hybridized carbons (Fsp3) is 0.667. The Kier molecular flexibility index (Phi) is 4.42. The van der Waals surface area contributed by atoms with E-state index in [0.29, 0.717) is 12.6 Å². The molecule has 1 fully saturated rings. The fourth-order valence-electron chi connectivity index (χ4n) is 1.57. The lowest BCUT2D eigenvalue weighted by molar-refractivity contribution is 0.114. The predicted molar refractivity (Wildman–Crippen MR) is 77.4 cm³/mol. The quantitative estimate of drug-likeness (QED) is 0.817. The van der Waals surface area contributed by atoms with Gasteiger partial charge in [0.1, 0.15) is 12.4 Å². The Morgan fingerprint density at radius 2 is 2.16 bits per heavy atom. The molecule has 0 aliphatic heterocycles. The van der Waals surface area contributed by atoms with Crippen LogP contribution >= 0.6 is 0 Å². The molecule has 2 rings (SSSR count). The highest BCUT2D eigenvalue weighted by atomic mass is 16.5. The fourth-order valence-corrected chi connectivity index (χ4v) is 1.57. The average Bonchev–Trinajstić information content (AvgIpc) is 3.18. The van der Waals surface area contributed by atoms with Gasteiger partial charge in [0.25, 0.3) is 0 Å². The first kappa shape index (κ1) is 14.3. The second kappa shape index (κ2) is 5.88. The number of pyridine rings is 1. The van der Waals surface area contributed by atoms with Gasteiger partial charge in [-0.1, -0.05) is 0 Å². The summed E-state index contributed by atoms with van der Waals surface area (Å²) in [6, 6.07) is 4.66. The summed E-state index contributed by atoms with van der Waals surface area (Å²) < 4.78 is 5.89. The lowest BCUT2D eigenvalue weighted by Crippen LogP contribution is -2.43. The standard InChI is InChI=1S/C15H25N3O/c1-15(2,18(3)4)11-19-14-7-8-16-13(9-14)10-17-12-5-6-12/h7-9,12,17H,5-6,10-11H2,1-4H3. The van der Waals surface area contributed by atoms with E-state index in [1.807, 2.05) is 18.3 Å². The van der Waals surface area contributed by atoms with Crippen molar-refractivity contribution in [1.82, 2.24) is 15.2 Å². The van der Waals surface area contributed by atoms with Crippen molar-refractivity contribution in [1.29, 1.82) is 0 Å². The Balaban J connectivity index is 1.87. The molecule has 0 bridgehead atoms. The second-order valence-electron chi connectivity index (χ2n) is 6.13. The van der Waals surface area contributed by atoms with Crippen LogP contribution in [-0.4, -0.2) is 42.2 Å². The summed E-state index contributed by atoms with van der Waals surface area (Å²) in [5, 5.41) is 3.46. The van der Waals surface area contributed by atoms with Crippen molar-refractivity contribution in [2.75, 3.05) is 20.7 Å². The van der Waals surface area contributed by atoms with Crippen LogP contribution in [0.1, 0.15) is 32.4 Å². The van der Waals surface area contributed by atoms with Crippen LogP contribution in [0.5, 0.6) is 5.75 Å². The number of rotatable bonds is 7. The van der Waals surface area contributed by atoms with E-state index in [1.165, 1.54) is 12.8 Å². The molecule has 0 radical (unpaired) electrons. The van der Waals surface area contributed by atoms with E-state index in [0.717, 1.165) is 18.0 Å². The van der Waals surface area contributed by atoms with Gasteiger partial charge in [0, 0.05) is 30.4 Å². The highest BCUT2D eigenvalue weighted by molar-refractivity contribution is 5.22. The summed E-state index contributed by atoms with van der Waals surface area (Å²) in [6.07, 6.45) is 4.42. The van der Waals surface area contributed by atoms with Crippen LogP contribution in [0.15, 0.2) is 18.3 Å². The van der Waals surface area contributed by atoms with Crippen molar-refractivity contribution in [2.45, 2.75) is 44.8 Å². The molecule has 1 aromatic rings. The summed E-state index contributed by atoms with van der Waals surface area (Å²) in [5.74, 6) is 0.900. The zero-order valence-corrected chi connectivity index (χ0v) is 12.4. The van der Waals surface area contributed by atoms with E-state index in [9.17, 15) is 0 Å². The largest absolute Gasteiger partial charge is 0.492 e. The van der Waals surface area contributed by atoms with Gasteiger partial charge in [-0.2, -0.15) is 0 Å². The van der Waals surface area contributed by atoms with Crippen molar-refractivity contribution in [3.63, 3.8) is 0 Å². The van der Waals surface area contributed by atoms with E-state index in [2.05, 4.69) is 43.1 Å². The minimum atomic E-state index is 0.0235. The Morgan fingerprint density at radius 1 is 1.42 bits per heavy atom. The van der Waals surface area contributed by atoms with Crippen molar-refractivity contribution < 1.29 is 4.74 Å². The third-order valence-electron chi connectivity index (χ3n) is 3.74. The first-order valence-electron chi connectivity index (χ1n) is 6.96. The number of hydrogen-bond acceptors (Lipinski definition) is 4. The third kappa shape index (κ3) is 4.48. The lowest BCUT2D eigenvalue weighted by Gasteiger charge is -2.32. The first-order chi connectivity index (χ1) is 8.97. The van der Waals surface area contributed by atoms with Crippen LogP contribution in [0.3, 0.4) is 0 Å². The molecule has 1 aliphatic carbocycles. The molecule has 0 aromatic carbocycles.